The maximum Gasteiger partial charge on any atom is 0.416 e. The van der Waals surface area contributed by atoms with Crippen molar-refractivity contribution in [3.8, 4) is 11.5 Å². The van der Waals surface area contributed by atoms with E-state index in [-0.39, 0.29) is 19.2 Å². The topological polar surface area (TPSA) is 76.2 Å². The molecule has 0 unspecified atom stereocenters. The van der Waals surface area contributed by atoms with Gasteiger partial charge in [-0.15, -0.1) is 11.3 Å². The first-order valence-electron chi connectivity index (χ1n) is 13.1. The van der Waals surface area contributed by atoms with Gasteiger partial charge in [-0.05, 0) is 42.3 Å². The van der Waals surface area contributed by atoms with Crippen LogP contribution in [0.4, 0.5) is 13.2 Å². The van der Waals surface area contributed by atoms with Gasteiger partial charge in [0.05, 0.1) is 25.3 Å². The molecule has 0 bridgehead atoms. The first-order chi connectivity index (χ1) is 19.3. The van der Waals surface area contributed by atoms with Gasteiger partial charge in [0.25, 0.3) is 5.91 Å². The predicted molar refractivity (Wildman–Crippen MR) is 143 cm³/mol. The molecule has 1 saturated heterocycles. The van der Waals surface area contributed by atoms with Crippen molar-refractivity contribution in [2.45, 2.75) is 32.2 Å². The van der Waals surface area contributed by atoms with Crippen molar-refractivity contribution in [1.82, 2.24) is 20.1 Å². The number of nitrogens with zero attached hydrogens (tertiary/aromatic N) is 3. The highest BCUT2D eigenvalue weighted by molar-refractivity contribution is 7.09. The average Bonchev–Trinajstić information content (AvgIpc) is 3.61. The Kier molecular flexibility index (Phi) is 9.20. The Labute approximate surface area is 234 Å². The van der Waals surface area contributed by atoms with Crippen LogP contribution in [0.3, 0.4) is 0 Å². The van der Waals surface area contributed by atoms with Crippen molar-refractivity contribution >= 4 is 17.2 Å². The monoisotopic (exact) mass is 576 g/mol. The molecule has 214 valence electrons. The second kappa shape index (κ2) is 13.0. The number of morpholine rings is 1. The van der Waals surface area contributed by atoms with Gasteiger partial charge in [-0.3, -0.25) is 14.6 Å². The number of carbonyl (C=O) groups is 1. The lowest BCUT2D eigenvalue weighted by atomic mass is 10.1. The summed E-state index contributed by atoms with van der Waals surface area (Å²) in [6, 6.07) is 10.9. The lowest BCUT2D eigenvalue weighted by Crippen LogP contribution is -2.38. The third-order valence-corrected chi connectivity index (χ3v) is 7.52. The molecule has 1 fully saturated rings. The number of thiazole rings is 1. The Hall–Kier alpha value is -3.19. The average molecular weight is 577 g/mol. The Balaban J connectivity index is 1.23. The number of hydrogen-bond donors (Lipinski definition) is 1. The number of aromatic nitrogens is 1. The summed E-state index contributed by atoms with van der Waals surface area (Å²) in [4.78, 5) is 21.5. The Morgan fingerprint density at radius 1 is 1.02 bits per heavy atom. The van der Waals surface area contributed by atoms with E-state index in [1.54, 1.807) is 11.4 Å². The summed E-state index contributed by atoms with van der Waals surface area (Å²) in [5, 5.41) is 5.35. The van der Waals surface area contributed by atoms with Gasteiger partial charge in [0.2, 0.25) is 6.79 Å². The van der Waals surface area contributed by atoms with Crippen molar-refractivity contribution in [2.75, 3.05) is 46.2 Å². The first-order valence-corrected chi connectivity index (χ1v) is 14.0. The fourth-order valence-electron chi connectivity index (χ4n) is 4.67. The minimum Gasteiger partial charge on any atom is -0.454 e. The van der Waals surface area contributed by atoms with Crippen molar-refractivity contribution in [3.05, 3.63) is 75.2 Å². The van der Waals surface area contributed by atoms with E-state index in [9.17, 15) is 18.0 Å². The molecule has 5 rings (SSSR count). The molecule has 3 aromatic rings. The predicted octanol–water partition coefficient (Wildman–Crippen LogP) is 4.55. The van der Waals surface area contributed by atoms with Gasteiger partial charge in [0.1, 0.15) is 10.7 Å². The number of hydrogen-bond acceptors (Lipinski definition) is 8. The highest BCUT2D eigenvalue weighted by Gasteiger charge is 2.30. The molecule has 0 atom stereocenters. The fraction of sp³-hybridized carbons (Fsp3) is 0.429. The molecule has 1 aromatic heterocycles. The number of amides is 1. The van der Waals surface area contributed by atoms with Crippen molar-refractivity contribution in [2.24, 2.45) is 0 Å². The minimum absolute atomic E-state index is 0.157. The molecule has 3 heterocycles. The van der Waals surface area contributed by atoms with Crippen LogP contribution in [-0.4, -0.2) is 66.9 Å². The van der Waals surface area contributed by atoms with Gasteiger partial charge in [0, 0.05) is 38.1 Å². The molecular formula is C28H31F3N4O4S. The Morgan fingerprint density at radius 2 is 1.80 bits per heavy atom. The van der Waals surface area contributed by atoms with Crippen molar-refractivity contribution in [3.63, 3.8) is 0 Å². The van der Waals surface area contributed by atoms with Crippen molar-refractivity contribution < 1.29 is 32.2 Å². The summed E-state index contributed by atoms with van der Waals surface area (Å²) in [7, 11) is 0. The molecule has 2 aliphatic heterocycles. The molecule has 0 aliphatic carbocycles. The zero-order valence-corrected chi connectivity index (χ0v) is 22.7. The maximum atomic E-state index is 13.3. The van der Waals surface area contributed by atoms with Crippen LogP contribution in [0.2, 0.25) is 0 Å². The fourth-order valence-corrected chi connectivity index (χ4v) is 5.48. The van der Waals surface area contributed by atoms with Crippen LogP contribution >= 0.6 is 11.3 Å². The van der Waals surface area contributed by atoms with E-state index in [1.165, 1.54) is 23.5 Å². The third-order valence-electron chi connectivity index (χ3n) is 6.69. The van der Waals surface area contributed by atoms with Crippen LogP contribution in [-0.2, 0) is 30.5 Å². The van der Waals surface area contributed by atoms with Gasteiger partial charge in [-0.25, -0.2) is 4.98 Å². The third kappa shape index (κ3) is 7.72. The quantitative estimate of drug-likeness (QED) is 0.336. The van der Waals surface area contributed by atoms with Crippen LogP contribution in [0.5, 0.6) is 11.5 Å². The maximum absolute atomic E-state index is 13.3. The molecule has 0 spiro atoms. The molecular weight excluding hydrogens is 545 g/mol. The van der Waals surface area contributed by atoms with Crippen LogP contribution < -0.4 is 14.8 Å². The molecule has 1 amide bonds. The zero-order chi connectivity index (χ0) is 28.0. The number of nitrogens with one attached hydrogen (secondary N) is 1. The van der Waals surface area contributed by atoms with Gasteiger partial charge in [-0.1, -0.05) is 24.3 Å². The Bertz CT molecular complexity index is 1300. The summed E-state index contributed by atoms with van der Waals surface area (Å²) in [5.74, 6) is 1.07. The molecule has 12 heteroatoms. The highest BCUT2D eigenvalue weighted by Crippen LogP contribution is 2.33. The molecule has 0 saturated carbocycles. The smallest absolute Gasteiger partial charge is 0.416 e. The summed E-state index contributed by atoms with van der Waals surface area (Å²) < 4.78 is 56.2. The number of alkyl halides is 3. The standard InChI is InChI=1S/C28H31F3N4O4S/c29-28(30,31)22-4-1-3-20(13-22)15-35(16-21-5-6-24-25(14-21)39-19-38-24)17-26-33-23(18-40-26)27(36)32-7-2-8-34-9-11-37-12-10-34/h1,3-6,13-14,18H,2,7-12,15-17,19H2,(H,32,36). The van der Waals surface area contributed by atoms with Crippen LogP contribution in [0.15, 0.2) is 47.8 Å². The van der Waals surface area contributed by atoms with E-state index < -0.39 is 11.7 Å². The highest BCUT2D eigenvalue weighted by atomic mass is 32.1. The van der Waals surface area contributed by atoms with Crippen LogP contribution in [0.25, 0.3) is 0 Å². The van der Waals surface area contributed by atoms with E-state index in [1.807, 2.05) is 23.1 Å². The van der Waals surface area contributed by atoms with Crippen LogP contribution in [0.1, 0.15) is 38.6 Å². The van der Waals surface area contributed by atoms with Gasteiger partial charge in [-0.2, -0.15) is 13.2 Å². The molecule has 8 nitrogen and oxygen atoms in total. The second-order valence-corrected chi connectivity index (χ2v) is 10.7. The van der Waals surface area contributed by atoms with E-state index >= 15 is 0 Å². The Morgan fingerprint density at radius 3 is 2.60 bits per heavy atom. The lowest BCUT2D eigenvalue weighted by molar-refractivity contribution is -0.137. The SMILES string of the molecule is O=C(NCCCN1CCOCC1)c1csc(CN(Cc2cccc(C(F)(F)F)c2)Cc2ccc3c(c2)OCO3)n1. The largest absolute Gasteiger partial charge is 0.454 e. The molecule has 40 heavy (non-hydrogen) atoms. The minimum atomic E-state index is -4.42. The van der Waals surface area contributed by atoms with E-state index in [0.29, 0.717) is 47.4 Å². The lowest BCUT2D eigenvalue weighted by Gasteiger charge is -2.26. The summed E-state index contributed by atoms with van der Waals surface area (Å²) in [5.41, 5.74) is 1.11. The van der Waals surface area contributed by atoms with Gasteiger partial charge >= 0.3 is 6.18 Å². The second-order valence-electron chi connectivity index (χ2n) is 9.72. The number of carbonyl (C=O) groups excluding carboxylic acids is 1. The summed E-state index contributed by atoms with van der Waals surface area (Å²) in [6.45, 7) is 5.98. The normalized spacial score (nSPS) is 15.5. The zero-order valence-electron chi connectivity index (χ0n) is 21.9. The number of halogens is 3. The summed E-state index contributed by atoms with van der Waals surface area (Å²) in [6.07, 6.45) is -3.58. The summed E-state index contributed by atoms with van der Waals surface area (Å²) >= 11 is 1.36. The molecule has 0 radical (unpaired) electrons. The molecule has 1 N–H and O–H groups in total. The number of benzene rings is 2. The van der Waals surface area contributed by atoms with E-state index in [4.69, 9.17) is 14.2 Å². The van der Waals surface area contributed by atoms with Crippen molar-refractivity contribution in [1.29, 1.82) is 0 Å². The van der Waals surface area contributed by atoms with Gasteiger partial charge in [0.15, 0.2) is 11.5 Å². The van der Waals surface area contributed by atoms with Crippen LogP contribution in [0, 0.1) is 0 Å². The van der Waals surface area contributed by atoms with E-state index in [2.05, 4.69) is 15.2 Å². The molecule has 2 aromatic carbocycles. The van der Waals surface area contributed by atoms with E-state index in [0.717, 1.165) is 50.9 Å². The first kappa shape index (κ1) is 28.3. The van der Waals surface area contributed by atoms with Gasteiger partial charge < -0.3 is 19.5 Å². The number of rotatable bonds is 11. The number of fused-ring (bicyclic) bond motifs is 1. The molecule has 2 aliphatic rings. The number of ether oxygens (including phenoxy) is 3.